The maximum Gasteiger partial charge on any atom is 0.304 e. The summed E-state index contributed by atoms with van der Waals surface area (Å²) in [5, 5.41) is 10.8. The number of hydrogen-bond acceptors (Lipinski definition) is 3. The number of carboxylic acid groups (broad SMARTS) is 1. The Morgan fingerprint density at radius 2 is 2.43 bits per heavy atom. The minimum absolute atomic E-state index is 0.0746. The van der Waals surface area contributed by atoms with Crippen molar-refractivity contribution in [1.82, 2.24) is 0 Å². The van der Waals surface area contributed by atoms with Crippen LogP contribution in [-0.2, 0) is 10.2 Å². The van der Waals surface area contributed by atoms with Crippen molar-refractivity contribution in [3.8, 4) is 0 Å². The number of carbonyl (C=O) groups is 1. The molecule has 0 radical (unpaired) electrons. The predicted octanol–water partition coefficient (Wildman–Crippen LogP) is 1.83. The second-order valence-electron chi connectivity index (χ2n) is 3.75. The van der Waals surface area contributed by atoms with Crippen molar-refractivity contribution in [2.75, 3.05) is 0 Å². The molecule has 0 bridgehead atoms. The summed E-state index contributed by atoms with van der Waals surface area (Å²) in [6, 6.07) is 3.69. The lowest BCUT2D eigenvalue weighted by Gasteiger charge is -2.30. The van der Waals surface area contributed by atoms with Crippen molar-refractivity contribution in [3.63, 3.8) is 0 Å². The van der Waals surface area contributed by atoms with Gasteiger partial charge in [-0.2, -0.15) is 0 Å². The molecule has 0 spiro atoms. The highest BCUT2D eigenvalue weighted by Gasteiger charge is 2.34. The molecule has 0 fully saturated rings. The normalized spacial score (nSPS) is 17.4. The zero-order valence-electron chi connectivity index (χ0n) is 8.36. The average molecular weight is 213 g/mol. The Bertz CT molecular complexity index is 308. The van der Waals surface area contributed by atoms with E-state index in [2.05, 4.69) is 0 Å². The lowest BCUT2D eigenvalue weighted by molar-refractivity contribution is -0.138. The fourth-order valence-corrected chi connectivity index (χ4v) is 2.38. The summed E-state index contributed by atoms with van der Waals surface area (Å²) in [4.78, 5) is 11.8. The van der Waals surface area contributed by atoms with Gasteiger partial charge in [0.15, 0.2) is 0 Å². The number of nitrogens with two attached hydrogens (primary N) is 1. The molecule has 14 heavy (non-hydrogen) atoms. The Hall–Kier alpha value is -0.870. The number of hydrogen-bond donors (Lipinski definition) is 2. The van der Waals surface area contributed by atoms with E-state index in [1.165, 1.54) is 0 Å². The zero-order valence-corrected chi connectivity index (χ0v) is 9.17. The summed E-state index contributed by atoms with van der Waals surface area (Å²) in [6.07, 6.45) is 0.0746. The van der Waals surface area contributed by atoms with Crippen molar-refractivity contribution < 1.29 is 9.90 Å². The first kappa shape index (κ1) is 11.2. The summed E-state index contributed by atoms with van der Waals surface area (Å²) >= 11 is 1.56. The lowest BCUT2D eigenvalue weighted by Crippen LogP contribution is -2.42. The molecule has 0 aliphatic heterocycles. The van der Waals surface area contributed by atoms with E-state index in [0.717, 1.165) is 4.88 Å². The highest BCUT2D eigenvalue weighted by atomic mass is 32.1. The van der Waals surface area contributed by atoms with Crippen LogP contribution in [0.1, 0.15) is 25.1 Å². The molecule has 0 amide bonds. The van der Waals surface area contributed by atoms with Crippen LogP contribution in [0.15, 0.2) is 17.5 Å². The molecule has 3 nitrogen and oxygen atoms in total. The molecule has 0 aliphatic carbocycles. The minimum Gasteiger partial charge on any atom is -0.481 e. The summed E-state index contributed by atoms with van der Waals surface area (Å²) in [5.74, 6) is -0.807. The molecule has 4 heteroatoms. The van der Waals surface area contributed by atoms with Gasteiger partial charge in [-0.1, -0.05) is 13.0 Å². The van der Waals surface area contributed by atoms with Gasteiger partial charge in [0.2, 0.25) is 0 Å². The van der Waals surface area contributed by atoms with Crippen molar-refractivity contribution in [1.29, 1.82) is 0 Å². The first-order chi connectivity index (χ1) is 6.47. The van der Waals surface area contributed by atoms with Crippen molar-refractivity contribution in [3.05, 3.63) is 22.4 Å². The van der Waals surface area contributed by atoms with E-state index in [9.17, 15) is 4.79 Å². The van der Waals surface area contributed by atoms with Gasteiger partial charge in [-0.05, 0) is 18.4 Å². The number of rotatable bonds is 4. The maximum atomic E-state index is 10.8. The van der Waals surface area contributed by atoms with Crippen LogP contribution in [0.3, 0.4) is 0 Å². The highest BCUT2D eigenvalue weighted by Crippen LogP contribution is 2.33. The quantitative estimate of drug-likeness (QED) is 0.802. The third-order valence-electron chi connectivity index (χ3n) is 2.61. The van der Waals surface area contributed by atoms with Gasteiger partial charge < -0.3 is 10.8 Å². The molecule has 0 saturated carbocycles. The van der Waals surface area contributed by atoms with Crippen molar-refractivity contribution in [2.24, 2.45) is 5.73 Å². The maximum absolute atomic E-state index is 10.8. The molecule has 1 heterocycles. The van der Waals surface area contributed by atoms with Crippen LogP contribution in [0.4, 0.5) is 0 Å². The molecule has 2 unspecified atom stereocenters. The van der Waals surface area contributed by atoms with Crippen LogP contribution in [0.25, 0.3) is 0 Å². The van der Waals surface area contributed by atoms with E-state index in [1.807, 2.05) is 31.4 Å². The fourth-order valence-electron chi connectivity index (χ4n) is 1.39. The molecule has 3 N–H and O–H groups in total. The molecule has 2 atom stereocenters. The second kappa shape index (κ2) is 4.11. The summed E-state index contributed by atoms with van der Waals surface area (Å²) in [6.45, 7) is 3.75. The topological polar surface area (TPSA) is 63.3 Å². The summed E-state index contributed by atoms with van der Waals surface area (Å²) in [5.41, 5.74) is 5.40. The van der Waals surface area contributed by atoms with Crippen LogP contribution < -0.4 is 5.73 Å². The van der Waals surface area contributed by atoms with E-state index in [4.69, 9.17) is 10.8 Å². The Balaban J connectivity index is 2.99. The van der Waals surface area contributed by atoms with Gasteiger partial charge in [-0.3, -0.25) is 4.79 Å². The van der Waals surface area contributed by atoms with E-state index in [-0.39, 0.29) is 12.5 Å². The molecular formula is C10H15NO2S. The van der Waals surface area contributed by atoms with Crippen LogP contribution >= 0.6 is 11.3 Å². The largest absolute Gasteiger partial charge is 0.481 e. The van der Waals surface area contributed by atoms with Crippen LogP contribution in [0, 0.1) is 0 Å². The lowest BCUT2D eigenvalue weighted by atomic mass is 9.79. The molecule has 0 aromatic carbocycles. The number of thiophene rings is 1. The van der Waals surface area contributed by atoms with E-state index >= 15 is 0 Å². The monoisotopic (exact) mass is 213 g/mol. The van der Waals surface area contributed by atoms with Gasteiger partial charge in [0.1, 0.15) is 0 Å². The number of carboxylic acids is 1. The first-order valence-corrected chi connectivity index (χ1v) is 5.36. The summed E-state index contributed by atoms with van der Waals surface area (Å²) < 4.78 is 0. The Morgan fingerprint density at radius 1 is 1.79 bits per heavy atom. The third kappa shape index (κ3) is 2.13. The molecule has 0 saturated heterocycles. The molecule has 78 valence electrons. The van der Waals surface area contributed by atoms with Crippen molar-refractivity contribution >= 4 is 17.3 Å². The SMILES string of the molecule is CC(N)C(C)(CC(=O)O)c1cccs1. The second-order valence-corrected chi connectivity index (χ2v) is 4.70. The van der Waals surface area contributed by atoms with Gasteiger partial charge in [0, 0.05) is 16.3 Å². The predicted molar refractivity (Wildman–Crippen MR) is 57.6 cm³/mol. The fraction of sp³-hybridized carbons (Fsp3) is 0.500. The smallest absolute Gasteiger partial charge is 0.304 e. The standard InChI is InChI=1S/C10H15NO2S/c1-7(11)10(2,6-9(12)13)8-4-3-5-14-8/h3-5,7H,6,11H2,1-2H3,(H,12,13). The van der Waals surface area contributed by atoms with E-state index in [0.29, 0.717) is 0 Å². The van der Waals surface area contributed by atoms with Gasteiger partial charge in [0.05, 0.1) is 6.42 Å². The van der Waals surface area contributed by atoms with Gasteiger partial charge in [-0.25, -0.2) is 0 Å². The van der Waals surface area contributed by atoms with Crippen molar-refractivity contribution in [2.45, 2.75) is 31.7 Å². The molecule has 1 rings (SSSR count). The van der Waals surface area contributed by atoms with E-state index < -0.39 is 11.4 Å². The molecule has 1 aromatic heterocycles. The Kier molecular flexibility index (Phi) is 3.29. The van der Waals surface area contributed by atoms with E-state index in [1.54, 1.807) is 11.3 Å². The Morgan fingerprint density at radius 3 is 2.79 bits per heavy atom. The van der Waals surface area contributed by atoms with Gasteiger partial charge >= 0.3 is 5.97 Å². The van der Waals surface area contributed by atoms with Gasteiger partial charge in [-0.15, -0.1) is 11.3 Å². The van der Waals surface area contributed by atoms with Crippen LogP contribution in [0.2, 0.25) is 0 Å². The number of aliphatic carboxylic acids is 1. The van der Waals surface area contributed by atoms with Gasteiger partial charge in [0.25, 0.3) is 0 Å². The summed E-state index contributed by atoms with van der Waals surface area (Å²) in [7, 11) is 0. The highest BCUT2D eigenvalue weighted by molar-refractivity contribution is 7.10. The zero-order chi connectivity index (χ0) is 10.8. The molecule has 1 aromatic rings. The molecular weight excluding hydrogens is 198 g/mol. The minimum atomic E-state index is -0.807. The third-order valence-corrected chi connectivity index (χ3v) is 3.76. The average Bonchev–Trinajstić information content (AvgIpc) is 2.53. The molecule has 0 aliphatic rings. The van der Waals surface area contributed by atoms with Crippen LogP contribution in [0.5, 0.6) is 0 Å². The first-order valence-electron chi connectivity index (χ1n) is 4.48. The Labute approximate surface area is 87.6 Å². The van der Waals surface area contributed by atoms with Crippen LogP contribution in [-0.4, -0.2) is 17.1 Å².